The van der Waals surface area contributed by atoms with Crippen molar-refractivity contribution in [3.05, 3.63) is 70.8 Å². The Morgan fingerprint density at radius 3 is 2.17 bits per heavy atom. The van der Waals surface area contributed by atoms with Crippen molar-refractivity contribution in [2.75, 3.05) is 26.7 Å². The summed E-state index contributed by atoms with van der Waals surface area (Å²) in [5.74, 6) is -0.0650. The summed E-state index contributed by atoms with van der Waals surface area (Å²) in [5, 5.41) is 0. The van der Waals surface area contributed by atoms with Gasteiger partial charge in [0.1, 0.15) is 5.54 Å². The molecule has 2 fully saturated rings. The molecule has 7 heteroatoms. The highest BCUT2D eigenvalue weighted by Crippen LogP contribution is 2.41. The molecule has 3 amide bonds. The van der Waals surface area contributed by atoms with E-state index in [0.717, 1.165) is 38.0 Å². The normalized spacial score (nSPS) is 20.0. The number of amides is 3. The Hall–Kier alpha value is -3.19. The summed E-state index contributed by atoms with van der Waals surface area (Å²) in [6.07, 6.45) is 2.77. The van der Waals surface area contributed by atoms with E-state index in [1.54, 1.807) is 17.0 Å². The number of hydrogen-bond acceptors (Lipinski definition) is 5. The molecule has 0 unspecified atom stereocenters. The molecule has 2 aromatic carbocycles. The highest BCUT2D eigenvalue weighted by molar-refractivity contribution is 6.07. The van der Waals surface area contributed by atoms with Gasteiger partial charge in [0.2, 0.25) is 0 Å². The molecule has 2 aliphatic heterocycles. The monoisotopic (exact) mass is 489 g/mol. The molecule has 0 atom stereocenters. The van der Waals surface area contributed by atoms with Crippen LogP contribution in [0.25, 0.3) is 0 Å². The highest BCUT2D eigenvalue weighted by Gasteiger charge is 2.59. The number of hydrogen-bond donors (Lipinski definition) is 0. The van der Waals surface area contributed by atoms with Crippen molar-refractivity contribution in [1.29, 1.82) is 0 Å². The molecule has 2 saturated heterocycles. The maximum absolute atomic E-state index is 14.0. The summed E-state index contributed by atoms with van der Waals surface area (Å²) < 4.78 is 4.78. The van der Waals surface area contributed by atoms with Crippen molar-refractivity contribution < 1.29 is 19.1 Å². The molecule has 7 nitrogen and oxygen atoms in total. The molecule has 36 heavy (non-hydrogen) atoms. The van der Waals surface area contributed by atoms with Crippen LogP contribution in [-0.2, 0) is 28.9 Å². The fraction of sp³-hybridized carbons (Fsp3) is 0.483. The fourth-order valence-electron chi connectivity index (χ4n) is 6.08. The van der Waals surface area contributed by atoms with Crippen LogP contribution < -0.4 is 0 Å². The summed E-state index contributed by atoms with van der Waals surface area (Å²) in [6.45, 7) is 7.02. The lowest BCUT2D eigenvalue weighted by Crippen LogP contribution is -2.57. The zero-order valence-corrected chi connectivity index (χ0v) is 21.4. The van der Waals surface area contributed by atoms with Gasteiger partial charge in [-0.3, -0.25) is 14.6 Å². The third-order valence-electron chi connectivity index (χ3n) is 7.98. The zero-order valence-electron chi connectivity index (χ0n) is 21.4. The summed E-state index contributed by atoms with van der Waals surface area (Å²) in [7, 11) is 1.38. The average Bonchev–Trinajstić information content (AvgIpc) is 3.38. The SMILES string of the molecule is COC(=O)c1ccc(CN2CCC3(CC2)C(=O)N(C2Cc4ccccc4C2)C(=O)N3CC(C)C)cc1. The van der Waals surface area contributed by atoms with E-state index in [4.69, 9.17) is 4.74 Å². The maximum Gasteiger partial charge on any atom is 0.337 e. The second-order valence-electron chi connectivity index (χ2n) is 10.8. The Morgan fingerprint density at radius 1 is 1.00 bits per heavy atom. The smallest absolute Gasteiger partial charge is 0.337 e. The molecule has 0 aromatic heterocycles. The van der Waals surface area contributed by atoms with E-state index in [2.05, 4.69) is 30.9 Å². The van der Waals surface area contributed by atoms with E-state index in [0.29, 0.717) is 24.9 Å². The summed E-state index contributed by atoms with van der Waals surface area (Å²) >= 11 is 0. The highest BCUT2D eigenvalue weighted by atomic mass is 16.5. The van der Waals surface area contributed by atoms with Gasteiger partial charge in [-0.1, -0.05) is 50.2 Å². The number of esters is 1. The Bertz CT molecular complexity index is 1130. The molecular formula is C29H35N3O4. The number of benzene rings is 2. The van der Waals surface area contributed by atoms with Crippen LogP contribution >= 0.6 is 0 Å². The van der Waals surface area contributed by atoms with Gasteiger partial charge in [0.25, 0.3) is 5.91 Å². The molecule has 190 valence electrons. The number of rotatable bonds is 6. The van der Waals surface area contributed by atoms with Crippen LogP contribution in [-0.4, -0.2) is 70.9 Å². The summed E-state index contributed by atoms with van der Waals surface area (Å²) in [6, 6.07) is 15.5. The minimum atomic E-state index is -0.749. The third kappa shape index (κ3) is 4.30. The number of ether oxygens (including phenoxy) is 1. The van der Waals surface area contributed by atoms with Gasteiger partial charge in [-0.25, -0.2) is 9.59 Å². The standard InChI is InChI=1S/C29H35N3O4/c1-20(2)18-31-28(35)32(25-16-23-6-4-5-7-24(23)17-25)27(34)29(31)12-14-30(15-13-29)19-21-8-10-22(11-9-21)26(33)36-3/h4-11,20,25H,12-19H2,1-3H3. The van der Waals surface area contributed by atoms with Crippen molar-refractivity contribution in [2.24, 2.45) is 5.92 Å². The quantitative estimate of drug-likeness (QED) is 0.455. The molecule has 2 heterocycles. The Balaban J connectivity index is 1.31. The molecule has 1 aliphatic carbocycles. The number of likely N-dealkylation sites (tertiary alicyclic amines) is 1. The maximum atomic E-state index is 14.0. The van der Waals surface area contributed by atoms with E-state index < -0.39 is 5.54 Å². The molecule has 0 N–H and O–H groups in total. The van der Waals surface area contributed by atoms with Crippen LogP contribution in [0.3, 0.4) is 0 Å². The Morgan fingerprint density at radius 2 is 1.61 bits per heavy atom. The first-order chi connectivity index (χ1) is 17.3. The lowest BCUT2D eigenvalue weighted by molar-refractivity contribution is -0.137. The third-order valence-corrected chi connectivity index (χ3v) is 7.98. The number of carbonyl (C=O) groups is 3. The number of fused-ring (bicyclic) bond motifs is 1. The summed E-state index contributed by atoms with van der Waals surface area (Å²) in [4.78, 5) is 45.3. The fourth-order valence-corrected chi connectivity index (χ4v) is 6.08. The van der Waals surface area contributed by atoms with Crippen LogP contribution in [0.5, 0.6) is 0 Å². The Kier molecular flexibility index (Phi) is 6.60. The molecule has 1 spiro atoms. The first-order valence-corrected chi connectivity index (χ1v) is 12.9. The number of piperidine rings is 1. The topological polar surface area (TPSA) is 70.2 Å². The van der Waals surface area contributed by atoms with Crippen molar-refractivity contribution in [2.45, 2.75) is 57.7 Å². The van der Waals surface area contributed by atoms with E-state index >= 15 is 0 Å². The predicted molar refractivity (Wildman–Crippen MR) is 136 cm³/mol. The van der Waals surface area contributed by atoms with E-state index in [-0.39, 0.29) is 29.9 Å². The van der Waals surface area contributed by atoms with E-state index in [9.17, 15) is 14.4 Å². The molecule has 0 radical (unpaired) electrons. The van der Waals surface area contributed by atoms with Gasteiger partial charge in [0.05, 0.1) is 12.7 Å². The zero-order chi connectivity index (χ0) is 25.4. The van der Waals surface area contributed by atoms with Crippen LogP contribution in [0.2, 0.25) is 0 Å². The minimum absolute atomic E-state index is 0.00645. The van der Waals surface area contributed by atoms with Gasteiger partial charge in [0.15, 0.2) is 0 Å². The number of imide groups is 1. The van der Waals surface area contributed by atoms with E-state index in [1.165, 1.54) is 18.2 Å². The molecule has 3 aliphatic rings. The lowest BCUT2D eigenvalue weighted by atomic mass is 9.85. The number of carbonyl (C=O) groups excluding carboxylic acids is 3. The summed E-state index contributed by atoms with van der Waals surface area (Å²) in [5.41, 5.74) is 3.38. The molecule has 2 aromatic rings. The first kappa shape index (κ1) is 24.5. The van der Waals surface area contributed by atoms with Gasteiger partial charge < -0.3 is 9.64 Å². The lowest BCUT2D eigenvalue weighted by Gasteiger charge is -2.42. The van der Waals surface area contributed by atoms with Gasteiger partial charge >= 0.3 is 12.0 Å². The molecule has 5 rings (SSSR count). The number of urea groups is 1. The predicted octanol–water partition coefficient (Wildman–Crippen LogP) is 3.90. The van der Waals surface area contributed by atoms with Gasteiger partial charge in [0, 0.05) is 32.2 Å². The largest absolute Gasteiger partial charge is 0.465 e. The number of methoxy groups -OCH3 is 1. The molecule has 0 saturated carbocycles. The van der Waals surface area contributed by atoms with Crippen molar-refractivity contribution in [1.82, 2.24) is 14.7 Å². The van der Waals surface area contributed by atoms with Gasteiger partial charge in [-0.05, 0) is 60.4 Å². The second-order valence-corrected chi connectivity index (χ2v) is 10.8. The van der Waals surface area contributed by atoms with Crippen LogP contribution in [0.15, 0.2) is 48.5 Å². The van der Waals surface area contributed by atoms with Crippen LogP contribution in [0.4, 0.5) is 4.79 Å². The van der Waals surface area contributed by atoms with Crippen molar-refractivity contribution in [3.8, 4) is 0 Å². The van der Waals surface area contributed by atoms with Gasteiger partial charge in [-0.15, -0.1) is 0 Å². The Labute approximate surface area is 213 Å². The van der Waals surface area contributed by atoms with Gasteiger partial charge in [-0.2, -0.15) is 0 Å². The average molecular weight is 490 g/mol. The first-order valence-electron chi connectivity index (χ1n) is 12.9. The van der Waals surface area contributed by atoms with Crippen molar-refractivity contribution >= 4 is 17.9 Å². The van der Waals surface area contributed by atoms with Crippen LogP contribution in [0.1, 0.15) is 53.7 Å². The van der Waals surface area contributed by atoms with Crippen LogP contribution in [0, 0.1) is 5.92 Å². The second kappa shape index (κ2) is 9.69. The van der Waals surface area contributed by atoms with Crippen molar-refractivity contribution in [3.63, 3.8) is 0 Å². The molecular weight excluding hydrogens is 454 g/mol. The van der Waals surface area contributed by atoms with E-state index in [1.807, 2.05) is 29.2 Å². The minimum Gasteiger partial charge on any atom is -0.465 e. The number of nitrogens with zero attached hydrogens (tertiary/aromatic N) is 3. The molecule has 0 bridgehead atoms.